The van der Waals surface area contributed by atoms with Crippen molar-refractivity contribution in [1.82, 2.24) is 4.90 Å². The van der Waals surface area contributed by atoms with E-state index in [1.165, 1.54) is 12.1 Å². The summed E-state index contributed by atoms with van der Waals surface area (Å²) in [5.74, 6) is -0.737. The first-order valence-corrected chi connectivity index (χ1v) is 7.02. The molecule has 0 spiro atoms. The zero-order valence-corrected chi connectivity index (χ0v) is 11.7. The van der Waals surface area contributed by atoms with E-state index in [4.69, 9.17) is 5.11 Å². The Kier molecular flexibility index (Phi) is 3.90. The summed E-state index contributed by atoms with van der Waals surface area (Å²) in [6.07, 6.45) is 0.932. The molecule has 5 heteroatoms. The van der Waals surface area contributed by atoms with E-state index >= 15 is 0 Å². The van der Waals surface area contributed by atoms with E-state index in [2.05, 4.69) is 22.9 Å². The molecule has 1 N–H and O–H groups in total. The van der Waals surface area contributed by atoms with Crippen LogP contribution >= 0.6 is 15.9 Å². The lowest BCUT2D eigenvalue weighted by Gasteiger charge is -2.25. The van der Waals surface area contributed by atoms with Crippen LogP contribution in [0, 0.1) is 11.7 Å². The summed E-state index contributed by atoms with van der Waals surface area (Å²) >= 11 is 3.40. The second kappa shape index (κ2) is 5.26. The van der Waals surface area contributed by atoms with Crippen molar-refractivity contribution < 1.29 is 14.3 Å². The number of benzene rings is 1. The van der Waals surface area contributed by atoms with Crippen LogP contribution in [-0.2, 0) is 0 Å². The smallest absolute Gasteiger partial charge is 0.257 e. The van der Waals surface area contributed by atoms with Crippen LogP contribution in [0.25, 0.3) is 0 Å². The summed E-state index contributed by atoms with van der Waals surface area (Å²) in [6.45, 7) is 2.74. The molecule has 0 saturated carbocycles. The number of likely N-dealkylation sites (tertiary alicyclic amines) is 1. The number of carbonyl (C=O) groups is 1. The summed E-state index contributed by atoms with van der Waals surface area (Å²) in [6, 6.07) is 3.74. The molecule has 1 aromatic carbocycles. The molecule has 0 bridgehead atoms. The Labute approximate surface area is 114 Å². The van der Waals surface area contributed by atoms with Gasteiger partial charge < -0.3 is 10.0 Å². The van der Waals surface area contributed by atoms with Crippen LogP contribution in [0.15, 0.2) is 18.2 Å². The first kappa shape index (κ1) is 13.3. The molecule has 0 radical (unpaired) electrons. The fourth-order valence-electron chi connectivity index (χ4n) is 2.33. The lowest BCUT2D eigenvalue weighted by Crippen LogP contribution is -2.38. The molecule has 1 heterocycles. The number of alkyl halides is 1. The van der Waals surface area contributed by atoms with E-state index in [0.29, 0.717) is 17.8 Å². The molecule has 1 aliphatic heterocycles. The highest BCUT2D eigenvalue weighted by Crippen LogP contribution is 2.28. The van der Waals surface area contributed by atoms with Gasteiger partial charge in [-0.2, -0.15) is 0 Å². The third-order valence-electron chi connectivity index (χ3n) is 3.48. The predicted octanol–water partition coefficient (Wildman–Crippen LogP) is 2.78. The van der Waals surface area contributed by atoms with Gasteiger partial charge in [-0.1, -0.05) is 22.9 Å². The summed E-state index contributed by atoms with van der Waals surface area (Å²) in [5.41, 5.74) is 0.0212. The van der Waals surface area contributed by atoms with Crippen molar-refractivity contribution in [1.29, 1.82) is 0 Å². The fourth-order valence-corrected chi connectivity index (χ4v) is 3.32. The Hall–Kier alpha value is -1.10. The van der Waals surface area contributed by atoms with Crippen LogP contribution in [0.5, 0.6) is 5.75 Å². The number of hydrogen-bond donors (Lipinski definition) is 1. The molecule has 0 aliphatic carbocycles. The van der Waals surface area contributed by atoms with E-state index < -0.39 is 5.82 Å². The Morgan fingerprint density at radius 3 is 2.94 bits per heavy atom. The minimum atomic E-state index is -0.673. The lowest BCUT2D eigenvalue weighted by atomic mass is 10.0. The van der Waals surface area contributed by atoms with Gasteiger partial charge in [0.05, 0.1) is 5.56 Å². The first-order valence-electron chi connectivity index (χ1n) is 5.90. The molecular formula is C13H15BrFNO2. The monoisotopic (exact) mass is 315 g/mol. The van der Waals surface area contributed by atoms with Gasteiger partial charge in [0.2, 0.25) is 0 Å². The van der Waals surface area contributed by atoms with E-state index in [-0.39, 0.29) is 23.3 Å². The van der Waals surface area contributed by atoms with Gasteiger partial charge in [-0.3, -0.25) is 4.79 Å². The lowest BCUT2D eigenvalue weighted by molar-refractivity contribution is 0.0734. The average Bonchev–Trinajstić information content (AvgIpc) is 2.69. The van der Waals surface area contributed by atoms with E-state index in [1.54, 1.807) is 4.90 Å². The number of hydrogen-bond acceptors (Lipinski definition) is 2. The topological polar surface area (TPSA) is 40.5 Å². The van der Waals surface area contributed by atoms with Crippen LogP contribution in [0.2, 0.25) is 0 Å². The number of phenols is 1. The molecule has 98 valence electrons. The number of nitrogens with zero attached hydrogens (tertiary/aromatic N) is 1. The van der Waals surface area contributed by atoms with Crippen molar-refractivity contribution in [3.05, 3.63) is 29.6 Å². The molecule has 1 aromatic rings. The number of amides is 1. The van der Waals surface area contributed by atoms with Gasteiger partial charge in [-0.05, 0) is 24.5 Å². The van der Waals surface area contributed by atoms with Crippen LogP contribution in [-0.4, -0.2) is 33.8 Å². The Bertz CT molecular complexity index is 466. The second-order valence-corrected chi connectivity index (χ2v) is 5.30. The van der Waals surface area contributed by atoms with Crippen molar-refractivity contribution >= 4 is 21.8 Å². The molecule has 18 heavy (non-hydrogen) atoms. The SMILES string of the molecule is CC1CCN(C(=O)c2ccc(O)cc2F)C1CBr. The minimum absolute atomic E-state index is 0.0212. The molecule has 0 aromatic heterocycles. The van der Waals surface area contributed by atoms with E-state index in [0.717, 1.165) is 12.5 Å². The number of aromatic hydroxyl groups is 1. The molecule has 2 rings (SSSR count). The van der Waals surface area contributed by atoms with Crippen molar-refractivity contribution in [2.75, 3.05) is 11.9 Å². The maximum Gasteiger partial charge on any atom is 0.257 e. The first-order chi connectivity index (χ1) is 8.54. The van der Waals surface area contributed by atoms with Gasteiger partial charge in [-0.15, -0.1) is 0 Å². The Balaban J connectivity index is 2.26. The van der Waals surface area contributed by atoms with E-state index in [9.17, 15) is 9.18 Å². The normalized spacial score (nSPS) is 23.4. The van der Waals surface area contributed by atoms with Gasteiger partial charge >= 0.3 is 0 Å². The molecule has 1 aliphatic rings. The number of halogens is 2. The maximum absolute atomic E-state index is 13.7. The quantitative estimate of drug-likeness (QED) is 0.853. The average molecular weight is 316 g/mol. The third kappa shape index (κ3) is 2.36. The summed E-state index contributed by atoms with van der Waals surface area (Å²) in [4.78, 5) is 14.0. The van der Waals surface area contributed by atoms with Gasteiger partial charge in [0.25, 0.3) is 5.91 Å². The minimum Gasteiger partial charge on any atom is -0.508 e. The number of rotatable bonds is 2. The molecule has 1 saturated heterocycles. The molecular weight excluding hydrogens is 301 g/mol. The standard InChI is InChI=1S/C13H15BrFNO2/c1-8-4-5-16(12(8)7-14)13(18)10-3-2-9(17)6-11(10)15/h2-3,6,8,12,17H,4-5,7H2,1H3. The van der Waals surface area contributed by atoms with Gasteiger partial charge in [0, 0.05) is 24.0 Å². The number of phenolic OH excluding ortho intramolecular Hbond substituents is 1. The van der Waals surface area contributed by atoms with Crippen molar-refractivity contribution in [2.24, 2.45) is 5.92 Å². The highest BCUT2D eigenvalue weighted by atomic mass is 79.9. The fraction of sp³-hybridized carbons (Fsp3) is 0.462. The zero-order valence-electron chi connectivity index (χ0n) is 10.1. The molecule has 1 amide bonds. The van der Waals surface area contributed by atoms with Gasteiger partial charge in [0.15, 0.2) is 0 Å². The zero-order chi connectivity index (χ0) is 13.3. The molecule has 1 fully saturated rings. The largest absolute Gasteiger partial charge is 0.508 e. The van der Waals surface area contributed by atoms with E-state index in [1.807, 2.05) is 0 Å². The predicted molar refractivity (Wildman–Crippen MR) is 70.5 cm³/mol. The van der Waals surface area contributed by atoms with Crippen LogP contribution in [0.3, 0.4) is 0 Å². The van der Waals surface area contributed by atoms with Crippen molar-refractivity contribution in [2.45, 2.75) is 19.4 Å². The number of carbonyl (C=O) groups excluding carboxylic acids is 1. The summed E-state index contributed by atoms with van der Waals surface area (Å²) < 4.78 is 13.7. The van der Waals surface area contributed by atoms with Crippen LogP contribution in [0.4, 0.5) is 4.39 Å². The van der Waals surface area contributed by atoms with Gasteiger partial charge in [0.1, 0.15) is 11.6 Å². The highest BCUT2D eigenvalue weighted by molar-refractivity contribution is 9.09. The molecule has 2 atom stereocenters. The Morgan fingerprint density at radius 2 is 2.33 bits per heavy atom. The molecule has 3 nitrogen and oxygen atoms in total. The third-order valence-corrected chi connectivity index (χ3v) is 4.15. The molecule has 2 unspecified atom stereocenters. The maximum atomic E-state index is 13.7. The second-order valence-electron chi connectivity index (χ2n) is 4.65. The van der Waals surface area contributed by atoms with Crippen molar-refractivity contribution in [3.63, 3.8) is 0 Å². The van der Waals surface area contributed by atoms with Crippen molar-refractivity contribution in [3.8, 4) is 5.75 Å². The highest BCUT2D eigenvalue weighted by Gasteiger charge is 2.34. The van der Waals surface area contributed by atoms with Gasteiger partial charge in [-0.25, -0.2) is 4.39 Å². The summed E-state index contributed by atoms with van der Waals surface area (Å²) in [5, 5.41) is 9.85. The van der Waals surface area contributed by atoms with Crippen LogP contribution in [0.1, 0.15) is 23.7 Å². The summed E-state index contributed by atoms with van der Waals surface area (Å²) in [7, 11) is 0. The Morgan fingerprint density at radius 1 is 1.61 bits per heavy atom. The van der Waals surface area contributed by atoms with Crippen LogP contribution < -0.4 is 0 Å².